The minimum Gasteiger partial charge on any atom is -0.353 e. The van der Waals surface area contributed by atoms with Crippen molar-refractivity contribution < 1.29 is 23.0 Å². The standard InChI is InChI=1S/C6H9O5P/c1-7-6-5-4-3(2-8-6)9-12(10-4)11-5/h3-6H,2H2,1H3/t3-,4-,5-,6-,12?/m1/s1. The molecule has 0 aromatic carbocycles. The van der Waals surface area contributed by atoms with Crippen LogP contribution in [0.2, 0.25) is 0 Å². The molecule has 5 atom stereocenters. The molecule has 0 amide bonds. The second-order valence-electron chi connectivity index (χ2n) is 2.94. The molecule has 0 spiro atoms. The van der Waals surface area contributed by atoms with Crippen LogP contribution in [0.15, 0.2) is 0 Å². The summed E-state index contributed by atoms with van der Waals surface area (Å²) in [5.74, 6) is 0. The average Bonchev–Trinajstić information content (AvgIpc) is 2.61. The quantitative estimate of drug-likeness (QED) is 0.562. The first-order chi connectivity index (χ1) is 5.88. The maximum absolute atomic E-state index is 5.43. The Hall–Kier alpha value is 0.230. The number of fused-ring (bicyclic) bond motifs is 1. The third-order valence-corrected chi connectivity index (χ3v) is 3.53. The van der Waals surface area contributed by atoms with Crippen LogP contribution in [-0.4, -0.2) is 38.3 Å². The molecule has 12 heavy (non-hydrogen) atoms. The van der Waals surface area contributed by atoms with Gasteiger partial charge in [-0.3, -0.25) is 0 Å². The largest absolute Gasteiger partial charge is 0.353 e. The van der Waals surface area contributed by atoms with Crippen molar-refractivity contribution in [2.24, 2.45) is 0 Å². The summed E-state index contributed by atoms with van der Waals surface area (Å²) in [4.78, 5) is 0. The second-order valence-corrected chi connectivity index (χ2v) is 4.02. The van der Waals surface area contributed by atoms with Crippen molar-refractivity contribution in [2.75, 3.05) is 13.7 Å². The highest BCUT2D eigenvalue weighted by Crippen LogP contribution is 2.60. The van der Waals surface area contributed by atoms with Crippen molar-refractivity contribution in [3.05, 3.63) is 0 Å². The van der Waals surface area contributed by atoms with Gasteiger partial charge < -0.3 is 23.0 Å². The maximum Gasteiger partial charge on any atom is 0.334 e. The summed E-state index contributed by atoms with van der Waals surface area (Å²) in [6.07, 6.45) is -0.299. The van der Waals surface area contributed by atoms with E-state index in [0.717, 1.165) is 0 Å². The highest BCUT2D eigenvalue weighted by atomic mass is 31.2. The zero-order chi connectivity index (χ0) is 8.13. The summed E-state index contributed by atoms with van der Waals surface area (Å²) in [6.45, 7) is 0.544. The minimum absolute atomic E-state index is 0.0230. The van der Waals surface area contributed by atoms with Crippen molar-refractivity contribution in [3.8, 4) is 0 Å². The molecule has 0 N–H and O–H groups in total. The Bertz CT molecular complexity index is 200. The summed E-state index contributed by atoms with van der Waals surface area (Å²) >= 11 is 0. The van der Waals surface area contributed by atoms with Crippen molar-refractivity contribution in [1.82, 2.24) is 0 Å². The SMILES string of the molecule is CO[C@@H]1OC[C@H]2OP3O[C@@H]1[C@@H]2O3. The highest BCUT2D eigenvalue weighted by molar-refractivity contribution is 7.42. The molecule has 1 unspecified atom stereocenters. The zero-order valence-corrected chi connectivity index (χ0v) is 7.40. The van der Waals surface area contributed by atoms with E-state index in [2.05, 4.69) is 0 Å². The van der Waals surface area contributed by atoms with E-state index in [4.69, 9.17) is 23.0 Å². The molecule has 3 fully saturated rings. The fourth-order valence-corrected chi connectivity index (χ4v) is 3.08. The van der Waals surface area contributed by atoms with Crippen LogP contribution in [0.3, 0.4) is 0 Å². The van der Waals surface area contributed by atoms with Gasteiger partial charge in [0.2, 0.25) is 0 Å². The number of hydrogen-bond donors (Lipinski definition) is 0. The van der Waals surface area contributed by atoms with E-state index in [1.54, 1.807) is 7.11 Å². The molecule has 5 nitrogen and oxygen atoms in total. The Morgan fingerprint density at radius 2 is 2.08 bits per heavy atom. The topological polar surface area (TPSA) is 46.2 Å². The van der Waals surface area contributed by atoms with Crippen molar-refractivity contribution >= 4 is 8.60 Å². The molecule has 3 rings (SSSR count). The molecule has 0 saturated carbocycles. The maximum atomic E-state index is 5.43. The lowest BCUT2D eigenvalue weighted by atomic mass is 10.1. The van der Waals surface area contributed by atoms with Gasteiger partial charge in [0.1, 0.15) is 18.3 Å². The number of rotatable bonds is 1. The fourth-order valence-electron chi connectivity index (χ4n) is 1.66. The van der Waals surface area contributed by atoms with Gasteiger partial charge >= 0.3 is 8.60 Å². The van der Waals surface area contributed by atoms with Crippen LogP contribution in [0, 0.1) is 0 Å². The van der Waals surface area contributed by atoms with E-state index in [1.165, 1.54) is 0 Å². The normalized spacial score (nSPS) is 56.2. The van der Waals surface area contributed by atoms with Gasteiger partial charge in [-0.15, -0.1) is 0 Å². The summed E-state index contributed by atoms with van der Waals surface area (Å²) in [7, 11) is 0.511. The molecular formula is C6H9O5P. The predicted octanol–water partition coefficient (Wildman–Crippen LogP) is 0.399. The van der Waals surface area contributed by atoms with Crippen LogP contribution in [0.4, 0.5) is 0 Å². The second kappa shape index (κ2) is 2.61. The molecular weight excluding hydrogens is 183 g/mol. The molecule has 68 valence electrons. The fraction of sp³-hybridized carbons (Fsp3) is 1.00. The van der Waals surface area contributed by atoms with E-state index >= 15 is 0 Å². The first-order valence-electron chi connectivity index (χ1n) is 3.83. The van der Waals surface area contributed by atoms with Crippen molar-refractivity contribution in [2.45, 2.75) is 24.6 Å². The molecule has 3 heterocycles. The Morgan fingerprint density at radius 3 is 2.83 bits per heavy atom. The molecule has 2 bridgehead atoms. The molecule has 3 saturated heterocycles. The van der Waals surface area contributed by atoms with Crippen LogP contribution in [0.1, 0.15) is 0 Å². The summed E-state index contributed by atoms with van der Waals surface area (Å²) in [6, 6.07) is 0. The number of hydrogen-bond acceptors (Lipinski definition) is 5. The highest BCUT2D eigenvalue weighted by Gasteiger charge is 2.57. The molecule has 0 aliphatic carbocycles. The van der Waals surface area contributed by atoms with Gasteiger partial charge in [0.05, 0.1) is 6.61 Å². The molecule has 0 aromatic rings. The third-order valence-electron chi connectivity index (χ3n) is 2.25. The first-order valence-corrected chi connectivity index (χ1v) is 4.93. The predicted molar refractivity (Wildman–Crippen MR) is 38.3 cm³/mol. The van der Waals surface area contributed by atoms with E-state index in [-0.39, 0.29) is 24.6 Å². The van der Waals surface area contributed by atoms with Crippen LogP contribution in [-0.2, 0) is 23.0 Å². The van der Waals surface area contributed by atoms with Gasteiger partial charge in [0.25, 0.3) is 0 Å². The van der Waals surface area contributed by atoms with Crippen molar-refractivity contribution in [1.29, 1.82) is 0 Å². The van der Waals surface area contributed by atoms with E-state index < -0.39 is 8.60 Å². The number of methoxy groups -OCH3 is 1. The summed E-state index contributed by atoms with van der Waals surface area (Å²) in [5, 5.41) is 0. The third kappa shape index (κ3) is 0.894. The lowest BCUT2D eigenvalue weighted by molar-refractivity contribution is -0.232. The zero-order valence-electron chi connectivity index (χ0n) is 6.50. The molecule has 0 radical (unpaired) electrons. The van der Waals surface area contributed by atoms with Gasteiger partial charge in [-0.1, -0.05) is 0 Å². The van der Waals surface area contributed by atoms with Crippen LogP contribution in [0.5, 0.6) is 0 Å². The van der Waals surface area contributed by atoms with Crippen molar-refractivity contribution in [3.63, 3.8) is 0 Å². The smallest absolute Gasteiger partial charge is 0.334 e. The molecule has 3 aliphatic rings. The molecule has 6 heteroatoms. The van der Waals surface area contributed by atoms with Gasteiger partial charge in [-0.25, -0.2) is 0 Å². The van der Waals surface area contributed by atoms with Gasteiger partial charge in [0.15, 0.2) is 6.29 Å². The minimum atomic E-state index is -1.09. The van der Waals surface area contributed by atoms with Gasteiger partial charge in [-0.2, -0.15) is 0 Å². The van der Waals surface area contributed by atoms with Gasteiger partial charge in [-0.05, 0) is 0 Å². The molecule has 3 aliphatic heterocycles. The Labute approximate surface area is 70.9 Å². The van der Waals surface area contributed by atoms with Crippen LogP contribution >= 0.6 is 8.60 Å². The Morgan fingerprint density at radius 1 is 1.25 bits per heavy atom. The van der Waals surface area contributed by atoms with Crippen LogP contribution < -0.4 is 0 Å². The average molecular weight is 192 g/mol. The Balaban J connectivity index is 1.83. The van der Waals surface area contributed by atoms with E-state index in [0.29, 0.717) is 6.61 Å². The lowest BCUT2D eigenvalue weighted by Crippen LogP contribution is -2.52. The van der Waals surface area contributed by atoms with Gasteiger partial charge in [0, 0.05) is 7.11 Å². The lowest BCUT2D eigenvalue weighted by Gasteiger charge is -2.35. The number of ether oxygens (including phenoxy) is 2. The van der Waals surface area contributed by atoms with E-state index in [9.17, 15) is 0 Å². The summed E-state index contributed by atoms with van der Waals surface area (Å²) in [5.41, 5.74) is 0. The Kier molecular flexibility index (Phi) is 1.66. The monoisotopic (exact) mass is 192 g/mol. The first kappa shape index (κ1) is 7.62. The molecule has 0 aromatic heterocycles. The summed E-state index contributed by atoms with van der Waals surface area (Å²) < 4.78 is 26.7. The van der Waals surface area contributed by atoms with Crippen LogP contribution in [0.25, 0.3) is 0 Å². The van der Waals surface area contributed by atoms with E-state index in [1.807, 2.05) is 0 Å².